The number of nitrogens with zero attached hydrogens (tertiary/aromatic N) is 1. The number of carbonyl (C=O) groups excluding carboxylic acids is 2. The molecule has 1 heterocycles. The molecule has 1 aliphatic heterocycles. The van der Waals surface area contributed by atoms with E-state index in [9.17, 15) is 14.0 Å². The Kier molecular flexibility index (Phi) is 5.31. The topological polar surface area (TPSA) is 49.4 Å². The summed E-state index contributed by atoms with van der Waals surface area (Å²) in [5.74, 6) is -1.25. The highest BCUT2D eigenvalue weighted by atomic mass is 79.9. The predicted octanol–water partition coefficient (Wildman–Crippen LogP) is 4.13. The number of amides is 2. The van der Waals surface area contributed by atoms with Crippen molar-refractivity contribution in [3.05, 3.63) is 74.9 Å². The van der Waals surface area contributed by atoms with E-state index in [0.717, 1.165) is 16.8 Å². The van der Waals surface area contributed by atoms with Gasteiger partial charge in [-0.25, -0.2) is 4.39 Å². The average molecular weight is 437 g/mol. The highest BCUT2D eigenvalue weighted by Crippen LogP contribution is 2.32. The van der Waals surface area contributed by atoms with E-state index in [4.69, 9.17) is 12.2 Å². The summed E-state index contributed by atoms with van der Waals surface area (Å²) in [5, 5.41) is 1.04. The first kappa shape index (κ1) is 17.8. The molecule has 0 spiro atoms. The van der Waals surface area contributed by atoms with Crippen molar-refractivity contribution < 1.29 is 14.0 Å². The summed E-state index contributed by atoms with van der Waals surface area (Å²) in [6.07, 6.45) is 1.60. The van der Waals surface area contributed by atoms with Crippen LogP contribution < -0.4 is 5.43 Å². The molecule has 1 saturated heterocycles. The predicted molar refractivity (Wildman–Crippen MR) is 103 cm³/mol. The van der Waals surface area contributed by atoms with E-state index in [1.54, 1.807) is 48.5 Å². The smallest absolute Gasteiger partial charge is 0.267 e. The zero-order valence-corrected chi connectivity index (χ0v) is 15.8. The van der Waals surface area contributed by atoms with Crippen molar-refractivity contribution >= 4 is 62.1 Å². The summed E-state index contributed by atoms with van der Waals surface area (Å²) in [7, 11) is 0. The minimum atomic E-state index is -0.431. The highest BCUT2D eigenvalue weighted by molar-refractivity contribution is 9.10. The first-order chi connectivity index (χ1) is 12.0. The molecule has 0 aromatic heterocycles. The van der Waals surface area contributed by atoms with E-state index >= 15 is 0 Å². The average Bonchev–Trinajstić information content (AvgIpc) is 2.86. The lowest BCUT2D eigenvalue weighted by molar-refractivity contribution is -0.123. The van der Waals surface area contributed by atoms with Crippen molar-refractivity contribution in [2.45, 2.75) is 0 Å². The fourth-order valence-corrected chi connectivity index (χ4v) is 3.65. The van der Waals surface area contributed by atoms with Gasteiger partial charge >= 0.3 is 0 Å². The molecule has 2 aromatic carbocycles. The highest BCUT2D eigenvalue weighted by Gasteiger charge is 2.33. The van der Waals surface area contributed by atoms with Crippen LogP contribution in [0.1, 0.15) is 15.9 Å². The lowest BCUT2D eigenvalue weighted by Crippen LogP contribution is -2.44. The summed E-state index contributed by atoms with van der Waals surface area (Å²) in [5.41, 5.74) is 3.56. The van der Waals surface area contributed by atoms with Gasteiger partial charge in [0.1, 0.15) is 5.82 Å². The van der Waals surface area contributed by atoms with E-state index in [-0.39, 0.29) is 10.1 Å². The summed E-state index contributed by atoms with van der Waals surface area (Å²) in [6.45, 7) is 0. The van der Waals surface area contributed by atoms with E-state index in [0.29, 0.717) is 20.5 Å². The first-order valence-corrected chi connectivity index (χ1v) is 9.06. The molecule has 4 nitrogen and oxygen atoms in total. The van der Waals surface area contributed by atoms with Crippen LogP contribution in [0.4, 0.5) is 4.39 Å². The van der Waals surface area contributed by atoms with Crippen LogP contribution in [0.5, 0.6) is 0 Å². The lowest BCUT2D eigenvalue weighted by Gasteiger charge is -2.15. The van der Waals surface area contributed by atoms with Crippen LogP contribution in [0.2, 0.25) is 0 Å². The molecular weight excluding hydrogens is 427 g/mol. The number of halogens is 2. The molecular formula is C17H10BrFN2O2S2. The standard InChI is InChI=1S/C17H10BrFN2O2S2/c18-12-8-10(6-7-13(12)19)9-14-16(23)21(17(24)25-14)20-15(22)11-4-2-1-3-5-11/h1-9H,(H,20,22)/b14-9+. The van der Waals surface area contributed by atoms with Crippen LogP contribution in [0, 0.1) is 5.82 Å². The minimum Gasteiger partial charge on any atom is -0.267 e. The summed E-state index contributed by atoms with van der Waals surface area (Å²) in [6, 6.07) is 12.9. The summed E-state index contributed by atoms with van der Waals surface area (Å²) in [4.78, 5) is 25.0. The molecule has 0 saturated carbocycles. The molecule has 2 amide bonds. The number of thiocarbonyl (C=S) groups is 1. The maximum Gasteiger partial charge on any atom is 0.285 e. The molecule has 25 heavy (non-hydrogen) atoms. The molecule has 0 atom stereocenters. The molecule has 0 aliphatic carbocycles. The van der Waals surface area contributed by atoms with E-state index in [1.165, 1.54) is 6.07 Å². The van der Waals surface area contributed by atoms with Crippen molar-refractivity contribution in [1.82, 2.24) is 10.4 Å². The second kappa shape index (κ2) is 7.47. The Hall–Kier alpha value is -2.03. The summed E-state index contributed by atoms with van der Waals surface area (Å²) < 4.78 is 13.8. The Morgan fingerprint density at radius 1 is 1.24 bits per heavy atom. The molecule has 1 fully saturated rings. The van der Waals surface area contributed by atoms with Crippen LogP contribution in [-0.2, 0) is 4.79 Å². The normalized spacial score (nSPS) is 15.8. The molecule has 1 N–H and O–H groups in total. The van der Waals surface area contributed by atoms with Crippen molar-refractivity contribution in [2.24, 2.45) is 0 Å². The Labute approximate surface area is 161 Å². The number of hydrogen-bond donors (Lipinski definition) is 1. The number of hydrogen-bond acceptors (Lipinski definition) is 4. The van der Waals surface area contributed by atoms with Gasteiger partial charge < -0.3 is 0 Å². The van der Waals surface area contributed by atoms with Crippen LogP contribution in [-0.4, -0.2) is 21.1 Å². The van der Waals surface area contributed by atoms with Gasteiger partial charge in [-0.15, -0.1) is 0 Å². The molecule has 1 aliphatic rings. The van der Waals surface area contributed by atoms with Crippen molar-refractivity contribution in [2.75, 3.05) is 0 Å². The minimum absolute atomic E-state index is 0.224. The lowest BCUT2D eigenvalue weighted by atomic mass is 10.2. The van der Waals surface area contributed by atoms with Crippen LogP contribution in [0.3, 0.4) is 0 Å². The van der Waals surface area contributed by atoms with Crippen molar-refractivity contribution in [1.29, 1.82) is 0 Å². The molecule has 3 rings (SSSR count). The van der Waals surface area contributed by atoms with Gasteiger partial charge in [-0.2, -0.15) is 5.01 Å². The molecule has 8 heteroatoms. The van der Waals surface area contributed by atoms with Gasteiger partial charge in [-0.05, 0) is 64.1 Å². The molecule has 0 radical (unpaired) electrons. The van der Waals surface area contributed by atoms with Crippen LogP contribution in [0.25, 0.3) is 6.08 Å². The molecule has 126 valence electrons. The Bertz CT molecular complexity index is 903. The summed E-state index contributed by atoms with van der Waals surface area (Å²) >= 11 is 9.34. The monoisotopic (exact) mass is 436 g/mol. The zero-order valence-electron chi connectivity index (χ0n) is 12.5. The maximum atomic E-state index is 13.3. The van der Waals surface area contributed by atoms with Crippen molar-refractivity contribution in [3.63, 3.8) is 0 Å². The quantitative estimate of drug-likeness (QED) is 0.580. The van der Waals surface area contributed by atoms with Gasteiger partial charge in [0.2, 0.25) is 0 Å². The first-order valence-electron chi connectivity index (χ1n) is 7.05. The largest absolute Gasteiger partial charge is 0.285 e. The second-order valence-corrected chi connectivity index (χ2v) is 7.53. The number of nitrogens with one attached hydrogen (secondary N) is 1. The zero-order chi connectivity index (χ0) is 18.0. The van der Waals surface area contributed by atoms with Gasteiger partial charge in [0.15, 0.2) is 4.32 Å². The van der Waals surface area contributed by atoms with Gasteiger partial charge in [0, 0.05) is 5.56 Å². The molecule has 2 aromatic rings. The second-order valence-electron chi connectivity index (χ2n) is 5.00. The Morgan fingerprint density at radius 3 is 2.64 bits per heavy atom. The third-order valence-electron chi connectivity index (χ3n) is 3.28. The SMILES string of the molecule is O=C(NN1C(=O)/C(=C\c2ccc(F)c(Br)c2)SC1=S)c1ccccc1. The number of carbonyl (C=O) groups is 2. The van der Waals surface area contributed by atoms with Gasteiger partial charge in [0.05, 0.1) is 9.38 Å². The van der Waals surface area contributed by atoms with E-state index in [2.05, 4.69) is 21.4 Å². The van der Waals surface area contributed by atoms with E-state index < -0.39 is 11.8 Å². The Morgan fingerprint density at radius 2 is 1.96 bits per heavy atom. The number of thioether (sulfide) groups is 1. The van der Waals surface area contributed by atoms with Crippen LogP contribution in [0.15, 0.2) is 57.9 Å². The third-order valence-corrected chi connectivity index (χ3v) is 5.19. The van der Waals surface area contributed by atoms with Crippen molar-refractivity contribution in [3.8, 4) is 0 Å². The Balaban J connectivity index is 1.79. The van der Waals surface area contributed by atoms with E-state index in [1.807, 2.05) is 0 Å². The fourth-order valence-electron chi connectivity index (χ4n) is 2.07. The number of hydrazine groups is 1. The fraction of sp³-hybridized carbons (Fsp3) is 0. The van der Waals surface area contributed by atoms with Crippen LogP contribution >= 0.6 is 39.9 Å². The number of benzene rings is 2. The van der Waals surface area contributed by atoms with Gasteiger partial charge in [-0.1, -0.05) is 36.0 Å². The maximum absolute atomic E-state index is 13.3. The third kappa shape index (κ3) is 3.97. The van der Waals surface area contributed by atoms with Gasteiger partial charge in [0.25, 0.3) is 11.8 Å². The van der Waals surface area contributed by atoms with Gasteiger partial charge in [-0.3, -0.25) is 15.0 Å². The molecule has 0 unspecified atom stereocenters. The number of rotatable bonds is 3. The molecule has 0 bridgehead atoms.